The normalized spacial score (nSPS) is 26.3. The third-order valence-corrected chi connectivity index (χ3v) is 6.79. The molecule has 1 saturated heterocycles. The molecule has 0 aromatic rings. The second-order valence-electron chi connectivity index (χ2n) is 6.11. The Morgan fingerprint density at radius 3 is 2.21 bits per heavy atom. The number of piperidine rings is 1. The van der Waals surface area contributed by atoms with E-state index in [0.717, 1.165) is 38.5 Å². The molecule has 6 heteroatoms. The predicted molar refractivity (Wildman–Crippen MR) is 72.0 cm³/mol. The quantitative estimate of drug-likeness (QED) is 0.809. The van der Waals surface area contributed by atoms with Gasteiger partial charge in [0.15, 0.2) is 0 Å². The second kappa shape index (κ2) is 5.05. The topological polar surface area (TPSA) is 66.5 Å². The molecule has 0 aromatic carbocycles. The maximum atomic E-state index is 12.1. The van der Waals surface area contributed by atoms with Crippen LogP contribution >= 0.6 is 0 Å². The molecular formula is C13H22N2O3S. The second-order valence-corrected chi connectivity index (χ2v) is 8.32. The van der Waals surface area contributed by atoms with E-state index >= 15 is 0 Å². The summed E-state index contributed by atoms with van der Waals surface area (Å²) < 4.78 is 25.8. The minimum atomic E-state index is -3.00. The Morgan fingerprint density at radius 1 is 1.05 bits per heavy atom. The first-order valence-corrected chi connectivity index (χ1v) is 8.84. The van der Waals surface area contributed by atoms with Crippen LogP contribution in [0.3, 0.4) is 0 Å². The molecule has 0 spiro atoms. The molecular weight excluding hydrogens is 264 g/mol. The minimum Gasteiger partial charge on any atom is -0.356 e. The number of nitrogens with zero attached hydrogens (tertiary/aromatic N) is 1. The molecule has 2 aliphatic carbocycles. The zero-order valence-electron chi connectivity index (χ0n) is 11.2. The van der Waals surface area contributed by atoms with E-state index in [1.165, 1.54) is 0 Å². The Labute approximate surface area is 114 Å². The molecule has 3 rings (SSSR count). The molecule has 1 amide bonds. The first-order chi connectivity index (χ1) is 9.07. The first kappa shape index (κ1) is 13.4. The highest BCUT2D eigenvalue weighted by Gasteiger charge is 2.41. The van der Waals surface area contributed by atoms with Crippen LogP contribution in [0.1, 0.15) is 38.5 Å². The summed E-state index contributed by atoms with van der Waals surface area (Å²) in [6.07, 6.45) is 5.47. The maximum absolute atomic E-state index is 12.1. The number of amides is 1. The van der Waals surface area contributed by atoms with E-state index < -0.39 is 10.0 Å². The van der Waals surface area contributed by atoms with Gasteiger partial charge in [-0.25, -0.2) is 12.7 Å². The van der Waals surface area contributed by atoms with Gasteiger partial charge in [0, 0.05) is 25.6 Å². The Kier molecular flexibility index (Phi) is 3.55. The summed E-state index contributed by atoms with van der Waals surface area (Å²) in [5.41, 5.74) is 0. The van der Waals surface area contributed by atoms with Crippen molar-refractivity contribution in [3.63, 3.8) is 0 Å². The van der Waals surface area contributed by atoms with E-state index in [4.69, 9.17) is 0 Å². The van der Waals surface area contributed by atoms with Gasteiger partial charge in [0.05, 0.1) is 5.25 Å². The predicted octanol–water partition coefficient (Wildman–Crippen LogP) is 0.717. The molecule has 1 N–H and O–H groups in total. The molecule has 5 nitrogen and oxygen atoms in total. The lowest BCUT2D eigenvalue weighted by Crippen LogP contribution is -2.42. The summed E-state index contributed by atoms with van der Waals surface area (Å²) >= 11 is 0. The van der Waals surface area contributed by atoms with Crippen molar-refractivity contribution in [1.82, 2.24) is 9.62 Å². The van der Waals surface area contributed by atoms with Crippen molar-refractivity contribution in [3.8, 4) is 0 Å². The zero-order valence-corrected chi connectivity index (χ0v) is 12.0. The Bertz CT molecular complexity index is 447. The standard InChI is InChI=1S/C13H22N2O3S/c16-13(11-1-2-11)14-9-10-5-7-15(8-6-10)19(17,18)12-3-4-12/h10-12H,1-9H2,(H,14,16). The van der Waals surface area contributed by atoms with Gasteiger partial charge in [0.25, 0.3) is 0 Å². The molecule has 19 heavy (non-hydrogen) atoms. The van der Waals surface area contributed by atoms with Gasteiger partial charge in [-0.3, -0.25) is 4.79 Å². The number of hydrogen-bond donors (Lipinski definition) is 1. The third kappa shape index (κ3) is 3.11. The van der Waals surface area contributed by atoms with Crippen LogP contribution in [0.4, 0.5) is 0 Å². The summed E-state index contributed by atoms with van der Waals surface area (Å²) in [5, 5.41) is 2.90. The molecule has 0 aromatic heterocycles. The van der Waals surface area contributed by atoms with Crippen molar-refractivity contribution in [2.75, 3.05) is 19.6 Å². The molecule has 108 valence electrons. The van der Waals surface area contributed by atoms with Gasteiger partial charge in [0.1, 0.15) is 0 Å². The molecule has 1 aliphatic heterocycles. The largest absolute Gasteiger partial charge is 0.356 e. The van der Waals surface area contributed by atoms with Crippen LogP contribution in [-0.2, 0) is 14.8 Å². The summed E-state index contributed by atoms with van der Waals surface area (Å²) in [4.78, 5) is 11.6. The number of nitrogens with one attached hydrogen (secondary N) is 1. The lowest BCUT2D eigenvalue weighted by atomic mass is 9.98. The van der Waals surface area contributed by atoms with Crippen LogP contribution in [0, 0.1) is 11.8 Å². The van der Waals surface area contributed by atoms with E-state index in [-0.39, 0.29) is 17.1 Å². The fraction of sp³-hybridized carbons (Fsp3) is 0.923. The fourth-order valence-electron chi connectivity index (χ4n) is 2.68. The van der Waals surface area contributed by atoms with Crippen LogP contribution in [0.25, 0.3) is 0 Å². The minimum absolute atomic E-state index is 0.0985. The maximum Gasteiger partial charge on any atom is 0.223 e. The Balaban J connectivity index is 1.42. The number of rotatable bonds is 5. The summed E-state index contributed by atoms with van der Waals surface area (Å²) in [7, 11) is -3.00. The van der Waals surface area contributed by atoms with Gasteiger partial charge in [-0.2, -0.15) is 0 Å². The van der Waals surface area contributed by atoms with Crippen molar-refractivity contribution in [3.05, 3.63) is 0 Å². The molecule has 3 aliphatic rings. The van der Waals surface area contributed by atoms with Crippen molar-refractivity contribution >= 4 is 15.9 Å². The van der Waals surface area contributed by atoms with Crippen molar-refractivity contribution in [1.29, 1.82) is 0 Å². The Morgan fingerprint density at radius 2 is 1.68 bits per heavy atom. The van der Waals surface area contributed by atoms with Gasteiger partial charge < -0.3 is 5.32 Å². The summed E-state index contributed by atoms with van der Waals surface area (Å²) in [6.45, 7) is 1.97. The number of sulfonamides is 1. The number of carbonyl (C=O) groups is 1. The van der Waals surface area contributed by atoms with E-state index in [1.54, 1.807) is 4.31 Å². The molecule has 0 bridgehead atoms. The first-order valence-electron chi connectivity index (χ1n) is 7.34. The van der Waals surface area contributed by atoms with Gasteiger partial charge in [-0.1, -0.05) is 0 Å². The van der Waals surface area contributed by atoms with E-state index in [0.29, 0.717) is 25.6 Å². The molecule has 0 atom stereocenters. The van der Waals surface area contributed by atoms with Crippen LogP contribution in [0.15, 0.2) is 0 Å². The van der Waals surface area contributed by atoms with Crippen LogP contribution in [0.5, 0.6) is 0 Å². The lowest BCUT2D eigenvalue weighted by Gasteiger charge is -2.31. The van der Waals surface area contributed by atoms with E-state index in [1.807, 2.05) is 0 Å². The van der Waals surface area contributed by atoms with Gasteiger partial charge in [-0.05, 0) is 44.4 Å². The lowest BCUT2D eigenvalue weighted by molar-refractivity contribution is -0.122. The van der Waals surface area contributed by atoms with Crippen LogP contribution in [0.2, 0.25) is 0 Å². The molecule has 0 unspecified atom stereocenters. The van der Waals surface area contributed by atoms with Gasteiger partial charge in [-0.15, -0.1) is 0 Å². The Hall–Kier alpha value is -0.620. The molecule has 1 heterocycles. The SMILES string of the molecule is O=C(NCC1CCN(S(=O)(=O)C2CC2)CC1)C1CC1. The highest BCUT2D eigenvalue weighted by molar-refractivity contribution is 7.90. The monoisotopic (exact) mass is 286 g/mol. The summed E-state index contributed by atoms with van der Waals surface area (Å²) in [6, 6.07) is 0. The average molecular weight is 286 g/mol. The van der Waals surface area contributed by atoms with Crippen molar-refractivity contribution in [2.24, 2.45) is 11.8 Å². The number of hydrogen-bond acceptors (Lipinski definition) is 3. The van der Waals surface area contributed by atoms with Crippen molar-refractivity contribution < 1.29 is 13.2 Å². The fourth-order valence-corrected chi connectivity index (χ4v) is 4.55. The van der Waals surface area contributed by atoms with Crippen LogP contribution in [-0.4, -0.2) is 43.5 Å². The van der Waals surface area contributed by atoms with E-state index in [2.05, 4.69) is 5.32 Å². The smallest absolute Gasteiger partial charge is 0.223 e. The molecule has 3 fully saturated rings. The summed E-state index contributed by atoms with van der Waals surface area (Å²) in [5.74, 6) is 0.886. The van der Waals surface area contributed by atoms with Crippen LogP contribution < -0.4 is 5.32 Å². The van der Waals surface area contributed by atoms with Gasteiger partial charge in [0.2, 0.25) is 15.9 Å². The molecule has 2 saturated carbocycles. The highest BCUT2D eigenvalue weighted by atomic mass is 32.2. The third-order valence-electron chi connectivity index (χ3n) is 4.39. The van der Waals surface area contributed by atoms with Crippen molar-refractivity contribution in [2.45, 2.75) is 43.8 Å². The number of carbonyl (C=O) groups excluding carboxylic acids is 1. The van der Waals surface area contributed by atoms with E-state index in [9.17, 15) is 13.2 Å². The average Bonchev–Trinajstić information content (AvgIpc) is 3.28. The zero-order chi connectivity index (χ0) is 13.5. The highest BCUT2D eigenvalue weighted by Crippen LogP contribution is 2.33. The molecule has 0 radical (unpaired) electrons. The van der Waals surface area contributed by atoms with Gasteiger partial charge >= 0.3 is 0 Å².